The van der Waals surface area contributed by atoms with Gasteiger partial charge in [-0.2, -0.15) is 0 Å². The fourth-order valence-electron chi connectivity index (χ4n) is 4.52. The highest BCUT2D eigenvalue weighted by atomic mass is 32.2. The highest BCUT2D eigenvalue weighted by molar-refractivity contribution is 7.90. The van der Waals surface area contributed by atoms with Gasteiger partial charge in [-0.15, -0.1) is 0 Å². The van der Waals surface area contributed by atoms with Crippen LogP contribution in [0.15, 0.2) is 59.8 Å². The quantitative estimate of drug-likeness (QED) is 0.681. The third-order valence-electron chi connectivity index (χ3n) is 5.98. The van der Waals surface area contributed by atoms with Crippen molar-refractivity contribution in [1.29, 1.82) is 0 Å². The Labute approximate surface area is 165 Å². The normalized spacial score (nSPS) is 21.0. The smallest absolute Gasteiger partial charge is 0.268 e. The fourth-order valence-corrected chi connectivity index (χ4v) is 5.90. The Morgan fingerprint density at radius 2 is 1.82 bits per heavy atom. The molecule has 28 heavy (non-hydrogen) atoms. The van der Waals surface area contributed by atoms with Crippen LogP contribution >= 0.6 is 0 Å². The minimum Gasteiger partial charge on any atom is -0.366 e. The summed E-state index contributed by atoms with van der Waals surface area (Å²) in [5.41, 5.74) is 2.30. The summed E-state index contributed by atoms with van der Waals surface area (Å²) >= 11 is 0. The van der Waals surface area contributed by atoms with E-state index in [-0.39, 0.29) is 0 Å². The third kappa shape index (κ3) is 2.89. The summed E-state index contributed by atoms with van der Waals surface area (Å²) in [6.07, 6.45) is 7.27. The lowest BCUT2D eigenvalue weighted by atomic mass is 9.99. The van der Waals surface area contributed by atoms with E-state index in [9.17, 15) is 8.42 Å². The highest BCUT2D eigenvalue weighted by Gasteiger charge is 2.31. The van der Waals surface area contributed by atoms with Crippen molar-refractivity contribution in [3.05, 3.63) is 54.9 Å². The van der Waals surface area contributed by atoms with Crippen LogP contribution in [-0.4, -0.2) is 54.5 Å². The Bertz CT molecular complexity index is 1090. The maximum atomic E-state index is 13.3. The second kappa shape index (κ2) is 6.90. The lowest BCUT2D eigenvalue weighted by Crippen LogP contribution is -2.54. The maximum absolute atomic E-state index is 13.3. The number of fused-ring (bicyclic) bond motifs is 2. The first-order chi connectivity index (χ1) is 13.6. The summed E-state index contributed by atoms with van der Waals surface area (Å²) in [5.74, 6) is 0. The molecule has 0 spiro atoms. The number of nitrogens with zero attached hydrogens (tertiary/aromatic N) is 4. The molecule has 0 radical (unpaired) electrons. The van der Waals surface area contributed by atoms with Gasteiger partial charge in [-0.1, -0.05) is 24.6 Å². The van der Waals surface area contributed by atoms with Crippen LogP contribution in [-0.2, 0) is 10.0 Å². The molecule has 2 aliphatic rings. The number of aromatic nitrogens is 2. The van der Waals surface area contributed by atoms with Gasteiger partial charge in [-0.05, 0) is 43.7 Å². The second-order valence-electron chi connectivity index (χ2n) is 7.63. The molecule has 1 atom stereocenters. The number of hydrogen-bond donors (Lipinski definition) is 0. The second-order valence-corrected chi connectivity index (χ2v) is 9.45. The van der Waals surface area contributed by atoms with Gasteiger partial charge in [0.2, 0.25) is 0 Å². The minimum atomic E-state index is -3.67. The van der Waals surface area contributed by atoms with Crippen molar-refractivity contribution in [2.24, 2.45) is 0 Å². The summed E-state index contributed by atoms with van der Waals surface area (Å²) in [5, 5.41) is 0. The molecule has 0 N–H and O–H groups in total. The molecule has 1 unspecified atom stereocenters. The van der Waals surface area contributed by atoms with Gasteiger partial charge in [-0.25, -0.2) is 12.4 Å². The van der Waals surface area contributed by atoms with Crippen LogP contribution in [0, 0.1) is 0 Å². The Kier molecular flexibility index (Phi) is 4.36. The van der Waals surface area contributed by atoms with Gasteiger partial charge in [0, 0.05) is 38.1 Å². The number of rotatable bonds is 3. The van der Waals surface area contributed by atoms with Gasteiger partial charge in [0.1, 0.15) is 5.52 Å². The number of hydrogen-bond acceptors (Lipinski definition) is 5. The van der Waals surface area contributed by atoms with E-state index in [2.05, 4.69) is 14.8 Å². The third-order valence-corrected chi connectivity index (χ3v) is 7.67. The zero-order chi connectivity index (χ0) is 19.1. The molecular weight excluding hydrogens is 372 g/mol. The van der Waals surface area contributed by atoms with Gasteiger partial charge >= 0.3 is 0 Å². The molecule has 6 nitrogen and oxygen atoms in total. The van der Waals surface area contributed by atoms with Crippen molar-refractivity contribution in [2.75, 3.05) is 31.1 Å². The van der Waals surface area contributed by atoms with E-state index in [4.69, 9.17) is 0 Å². The summed E-state index contributed by atoms with van der Waals surface area (Å²) in [4.78, 5) is 9.73. The van der Waals surface area contributed by atoms with E-state index < -0.39 is 10.0 Å². The molecule has 2 fully saturated rings. The zero-order valence-corrected chi connectivity index (χ0v) is 16.6. The summed E-state index contributed by atoms with van der Waals surface area (Å²) in [6.45, 7) is 4.04. The molecule has 0 saturated carbocycles. The predicted molar refractivity (Wildman–Crippen MR) is 110 cm³/mol. The van der Waals surface area contributed by atoms with Crippen molar-refractivity contribution in [3.63, 3.8) is 0 Å². The number of anilines is 1. The van der Waals surface area contributed by atoms with Crippen molar-refractivity contribution in [1.82, 2.24) is 13.9 Å². The Balaban J connectivity index is 1.58. The van der Waals surface area contributed by atoms with Gasteiger partial charge in [0.15, 0.2) is 0 Å². The van der Waals surface area contributed by atoms with Crippen LogP contribution < -0.4 is 4.90 Å². The summed E-state index contributed by atoms with van der Waals surface area (Å²) < 4.78 is 28.0. The standard InChI is InChI=1S/C21H24N4O2S/c26-28(27,18-8-2-1-3-9-18)25-16-20(21-19(25)10-6-11-22-21)24-14-13-23-12-5-4-7-17(23)15-24/h1-3,6,8-11,16-17H,4-5,7,12-15H2. The molecule has 7 heteroatoms. The van der Waals surface area contributed by atoms with Gasteiger partial charge in [0.05, 0.1) is 16.1 Å². The molecule has 0 aliphatic carbocycles. The Morgan fingerprint density at radius 3 is 2.68 bits per heavy atom. The average Bonchev–Trinajstić information content (AvgIpc) is 3.15. The molecule has 3 aromatic rings. The first kappa shape index (κ1) is 17.7. The van der Waals surface area contributed by atoms with Crippen LogP contribution in [0.1, 0.15) is 19.3 Å². The average molecular weight is 397 g/mol. The number of piperidine rings is 1. The molecule has 0 amide bonds. The zero-order valence-electron chi connectivity index (χ0n) is 15.7. The van der Waals surface area contributed by atoms with Crippen LogP contribution in [0.2, 0.25) is 0 Å². The molecule has 146 valence electrons. The molecule has 5 rings (SSSR count). The number of pyridine rings is 1. The Hall–Kier alpha value is -2.38. The highest BCUT2D eigenvalue weighted by Crippen LogP contribution is 2.33. The van der Waals surface area contributed by atoms with Gasteiger partial charge < -0.3 is 4.90 Å². The van der Waals surface area contributed by atoms with Crippen molar-refractivity contribution >= 4 is 26.7 Å². The molecule has 0 bridgehead atoms. The van der Waals surface area contributed by atoms with E-state index in [1.54, 1.807) is 42.7 Å². The van der Waals surface area contributed by atoms with E-state index >= 15 is 0 Å². The van der Waals surface area contributed by atoms with Crippen LogP contribution in [0.5, 0.6) is 0 Å². The van der Waals surface area contributed by atoms with Gasteiger partial charge in [-0.3, -0.25) is 9.88 Å². The summed E-state index contributed by atoms with van der Waals surface area (Å²) in [7, 11) is -3.67. The van der Waals surface area contributed by atoms with Gasteiger partial charge in [0.25, 0.3) is 10.0 Å². The van der Waals surface area contributed by atoms with E-state index in [0.29, 0.717) is 16.5 Å². The topological polar surface area (TPSA) is 58.4 Å². The Morgan fingerprint density at radius 1 is 0.964 bits per heavy atom. The van der Waals surface area contributed by atoms with Crippen LogP contribution in [0.25, 0.3) is 11.0 Å². The van der Waals surface area contributed by atoms with E-state index in [1.165, 1.54) is 29.8 Å². The lowest BCUT2D eigenvalue weighted by Gasteiger charge is -2.44. The van der Waals surface area contributed by atoms with Crippen molar-refractivity contribution in [2.45, 2.75) is 30.2 Å². The van der Waals surface area contributed by atoms with E-state index in [1.807, 2.05) is 12.1 Å². The SMILES string of the molecule is O=S(=O)(c1ccccc1)n1cc(N2CCN3CCCCC3C2)c2ncccc21. The van der Waals surface area contributed by atoms with Crippen LogP contribution in [0.4, 0.5) is 5.69 Å². The first-order valence-electron chi connectivity index (χ1n) is 9.90. The fraction of sp³-hybridized carbons (Fsp3) is 0.381. The monoisotopic (exact) mass is 396 g/mol. The van der Waals surface area contributed by atoms with Crippen molar-refractivity contribution in [3.8, 4) is 0 Å². The van der Waals surface area contributed by atoms with Crippen LogP contribution in [0.3, 0.4) is 0 Å². The largest absolute Gasteiger partial charge is 0.366 e. The summed E-state index contributed by atoms with van der Waals surface area (Å²) in [6, 6.07) is 12.8. The first-order valence-corrected chi connectivity index (χ1v) is 11.3. The van der Waals surface area contributed by atoms with E-state index in [0.717, 1.165) is 30.8 Å². The molecule has 2 saturated heterocycles. The maximum Gasteiger partial charge on any atom is 0.268 e. The molecule has 2 aromatic heterocycles. The molecule has 4 heterocycles. The predicted octanol–water partition coefficient (Wildman–Crippen LogP) is 2.95. The molecule has 2 aliphatic heterocycles. The molecule has 1 aromatic carbocycles. The minimum absolute atomic E-state index is 0.291. The molecular formula is C21H24N4O2S. The number of benzene rings is 1. The lowest BCUT2D eigenvalue weighted by molar-refractivity contribution is 0.133. The number of piperazine rings is 1. The van der Waals surface area contributed by atoms with Crippen molar-refractivity contribution < 1.29 is 8.42 Å².